The number of nitrogens with zero attached hydrogens (tertiary/aromatic N) is 1. The molecule has 0 saturated heterocycles. The summed E-state index contributed by atoms with van der Waals surface area (Å²) >= 11 is 3.95. The van der Waals surface area contributed by atoms with Gasteiger partial charge in [0.25, 0.3) is 0 Å². The lowest BCUT2D eigenvalue weighted by Gasteiger charge is -2.21. The minimum absolute atomic E-state index is 0.575. The van der Waals surface area contributed by atoms with Crippen LogP contribution in [0.1, 0.15) is 54.7 Å². The topological polar surface area (TPSA) is 24.9 Å². The summed E-state index contributed by atoms with van der Waals surface area (Å²) in [7, 11) is 0. The molecule has 0 saturated carbocycles. The maximum absolute atomic E-state index is 4.81. The fourth-order valence-electron chi connectivity index (χ4n) is 2.28. The Hall–Kier alpha value is -0.0600. The first-order valence-corrected chi connectivity index (χ1v) is 8.61. The molecule has 0 amide bonds. The van der Waals surface area contributed by atoms with E-state index in [2.05, 4.69) is 19.2 Å². The van der Waals surface area contributed by atoms with Crippen molar-refractivity contribution in [2.24, 2.45) is 0 Å². The molecule has 0 fully saturated rings. The summed E-state index contributed by atoms with van der Waals surface area (Å²) in [6.07, 6.45) is 5.02. The van der Waals surface area contributed by atoms with Crippen molar-refractivity contribution in [2.75, 3.05) is 12.3 Å². The van der Waals surface area contributed by atoms with E-state index in [-0.39, 0.29) is 0 Å². The van der Waals surface area contributed by atoms with Crippen LogP contribution in [0.2, 0.25) is 0 Å². The van der Waals surface area contributed by atoms with Crippen LogP contribution in [-0.4, -0.2) is 17.3 Å². The van der Waals surface area contributed by atoms with Crippen LogP contribution in [0.25, 0.3) is 0 Å². The van der Waals surface area contributed by atoms with Gasteiger partial charge in [-0.25, -0.2) is 4.98 Å². The molecule has 1 heterocycles. The summed E-state index contributed by atoms with van der Waals surface area (Å²) in [5.41, 5.74) is 1.37. The van der Waals surface area contributed by atoms with Crippen molar-refractivity contribution >= 4 is 23.1 Å². The SMILES string of the molecule is CCCSCc1nc2c(s1)C(NCC)CCC2. The molecule has 0 radical (unpaired) electrons. The standard InChI is InChI=1S/C13H22N2S2/c1-3-8-16-9-12-15-11-7-5-6-10(14-4-2)13(11)17-12/h10,14H,3-9H2,1-2H3. The van der Waals surface area contributed by atoms with Crippen LogP contribution in [0.3, 0.4) is 0 Å². The predicted octanol–water partition coefficient (Wildman–Crippen LogP) is 3.77. The van der Waals surface area contributed by atoms with E-state index in [1.807, 2.05) is 23.1 Å². The lowest BCUT2D eigenvalue weighted by molar-refractivity contribution is 0.476. The Morgan fingerprint density at radius 3 is 3.12 bits per heavy atom. The van der Waals surface area contributed by atoms with Gasteiger partial charge in [0.05, 0.1) is 5.69 Å². The van der Waals surface area contributed by atoms with E-state index < -0.39 is 0 Å². The van der Waals surface area contributed by atoms with Gasteiger partial charge in [0.1, 0.15) is 5.01 Å². The molecule has 1 aliphatic carbocycles. The second kappa shape index (κ2) is 6.76. The van der Waals surface area contributed by atoms with Crippen molar-refractivity contribution < 1.29 is 0 Å². The van der Waals surface area contributed by atoms with E-state index in [4.69, 9.17) is 4.98 Å². The normalized spacial score (nSPS) is 19.3. The van der Waals surface area contributed by atoms with Crippen LogP contribution in [0.4, 0.5) is 0 Å². The van der Waals surface area contributed by atoms with Gasteiger partial charge in [0.2, 0.25) is 0 Å². The monoisotopic (exact) mass is 270 g/mol. The van der Waals surface area contributed by atoms with Gasteiger partial charge < -0.3 is 5.32 Å². The molecule has 1 unspecified atom stereocenters. The minimum Gasteiger partial charge on any atom is -0.309 e. The van der Waals surface area contributed by atoms with Crippen molar-refractivity contribution in [3.8, 4) is 0 Å². The third-order valence-corrected chi connectivity index (χ3v) is 5.59. The van der Waals surface area contributed by atoms with Crippen molar-refractivity contribution in [2.45, 2.75) is 51.3 Å². The maximum Gasteiger partial charge on any atom is 0.103 e. The second-order valence-electron chi connectivity index (χ2n) is 4.47. The van der Waals surface area contributed by atoms with Gasteiger partial charge in [0, 0.05) is 16.7 Å². The highest BCUT2D eigenvalue weighted by molar-refractivity contribution is 7.98. The molecule has 1 atom stereocenters. The first-order chi connectivity index (χ1) is 8.35. The molecule has 0 bridgehead atoms. The maximum atomic E-state index is 4.81. The quantitative estimate of drug-likeness (QED) is 0.796. The first kappa shape index (κ1) is 13.4. The molecular weight excluding hydrogens is 248 g/mol. The molecule has 0 spiro atoms. The van der Waals surface area contributed by atoms with Gasteiger partial charge in [-0.2, -0.15) is 11.8 Å². The van der Waals surface area contributed by atoms with Crippen LogP contribution in [0.5, 0.6) is 0 Å². The number of aryl methyl sites for hydroxylation is 1. The van der Waals surface area contributed by atoms with Gasteiger partial charge >= 0.3 is 0 Å². The fraction of sp³-hybridized carbons (Fsp3) is 0.769. The average molecular weight is 270 g/mol. The van der Waals surface area contributed by atoms with E-state index in [1.54, 1.807) is 0 Å². The summed E-state index contributed by atoms with van der Waals surface area (Å²) < 4.78 is 0. The van der Waals surface area contributed by atoms with E-state index in [0.29, 0.717) is 6.04 Å². The van der Waals surface area contributed by atoms with Crippen LogP contribution < -0.4 is 5.32 Å². The molecule has 96 valence electrons. The Kier molecular flexibility index (Phi) is 5.32. The van der Waals surface area contributed by atoms with Crippen LogP contribution in [-0.2, 0) is 12.2 Å². The van der Waals surface area contributed by atoms with Gasteiger partial charge in [-0.05, 0) is 38.0 Å². The number of hydrogen-bond acceptors (Lipinski definition) is 4. The van der Waals surface area contributed by atoms with Crippen molar-refractivity contribution in [1.29, 1.82) is 0 Å². The fourth-order valence-corrected chi connectivity index (χ4v) is 4.45. The van der Waals surface area contributed by atoms with Crippen LogP contribution in [0.15, 0.2) is 0 Å². The minimum atomic E-state index is 0.575. The van der Waals surface area contributed by atoms with Crippen molar-refractivity contribution in [1.82, 2.24) is 10.3 Å². The number of fused-ring (bicyclic) bond motifs is 1. The number of aromatic nitrogens is 1. The highest BCUT2D eigenvalue weighted by Crippen LogP contribution is 2.35. The smallest absolute Gasteiger partial charge is 0.103 e. The van der Waals surface area contributed by atoms with Crippen LogP contribution >= 0.6 is 23.1 Å². The Morgan fingerprint density at radius 2 is 2.35 bits per heavy atom. The lowest BCUT2D eigenvalue weighted by atomic mass is 9.98. The van der Waals surface area contributed by atoms with Crippen LogP contribution in [0, 0.1) is 0 Å². The van der Waals surface area contributed by atoms with E-state index >= 15 is 0 Å². The number of thiazole rings is 1. The highest BCUT2D eigenvalue weighted by Gasteiger charge is 2.23. The number of nitrogens with one attached hydrogen (secondary N) is 1. The molecule has 1 aromatic heterocycles. The third kappa shape index (κ3) is 3.46. The molecule has 2 rings (SSSR count). The molecule has 1 aliphatic rings. The highest BCUT2D eigenvalue weighted by atomic mass is 32.2. The molecule has 0 aromatic carbocycles. The van der Waals surface area contributed by atoms with Gasteiger partial charge in [-0.1, -0.05) is 13.8 Å². The molecule has 1 aromatic rings. The summed E-state index contributed by atoms with van der Waals surface area (Å²) in [4.78, 5) is 6.33. The van der Waals surface area contributed by atoms with Crippen molar-refractivity contribution in [3.63, 3.8) is 0 Å². The van der Waals surface area contributed by atoms with Crippen molar-refractivity contribution in [3.05, 3.63) is 15.6 Å². The van der Waals surface area contributed by atoms with Gasteiger partial charge in [-0.3, -0.25) is 0 Å². The molecular formula is C13H22N2S2. The summed E-state index contributed by atoms with van der Waals surface area (Å²) in [6, 6.07) is 0.575. The third-order valence-electron chi connectivity index (χ3n) is 3.02. The molecule has 0 aliphatic heterocycles. The van der Waals surface area contributed by atoms with Gasteiger partial charge in [-0.15, -0.1) is 11.3 Å². The first-order valence-electron chi connectivity index (χ1n) is 6.64. The Labute approximate surface area is 113 Å². The summed E-state index contributed by atoms with van der Waals surface area (Å²) in [5, 5.41) is 4.92. The summed E-state index contributed by atoms with van der Waals surface area (Å²) in [6.45, 7) is 5.48. The van der Waals surface area contributed by atoms with Gasteiger partial charge in [0.15, 0.2) is 0 Å². The number of rotatable bonds is 6. The zero-order valence-corrected chi connectivity index (χ0v) is 12.4. The zero-order valence-electron chi connectivity index (χ0n) is 10.8. The Balaban J connectivity index is 2.02. The Morgan fingerprint density at radius 1 is 1.47 bits per heavy atom. The van der Waals surface area contributed by atoms with E-state index in [9.17, 15) is 0 Å². The van der Waals surface area contributed by atoms with E-state index in [0.717, 1.165) is 12.3 Å². The van der Waals surface area contributed by atoms with E-state index in [1.165, 1.54) is 47.0 Å². The number of thioether (sulfide) groups is 1. The molecule has 17 heavy (non-hydrogen) atoms. The Bertz CT molecular complexity index is 349. The second-order valence-corrected chi connectivity index (χ2v) is 6.69. The molecule has 1 N–H and O–H groups in total. The molecule has 2 nitrogen and oxygen atoms in total. The lowest BCUT2D eigenvalue weighted by Crippen LogP contribution is -2.23. The molecule has 4 heteroatoms. The summed E-state index contributed by atoms with van der Waals surface area (Å²) in [5.74, 6) is 2.35. The average Bonchev–Trinajstić information content (AvgIpc) is 2.74. The zero-order chi connectivity index (χ0) is 12.1. The number of hydrogen-bond donors (Lipinski definition) is 1. The largest absolute Gasteiger partial charge is 0.309 e. The predicted molar refractivity (Wildman–Crippen MR) is 77.9 cm³/mol.